The number of nitrogens with one attached hydrogen (secondary N) is 1. The van der Waals surface area contributed by atoms with Gasteiger partial charge in [0.15, 0.2) is 5.17 Å². The van der Waals surface area contributed by atoms with Gasteiger partial charge in [0.25, 0.3) is 0 Å². The molecule has 1 N–H and O–H groups in total. The summed E-state index contributed by atoms with van der Waals surface area (Å²) in [6, 6.07) is 12.7. The molecule has 27 heavy (non-hydrogen) atoms. The van der Waals surface area contributed by atoms with Crippen LogP contribution in [0.25, 0.3) is 0 Å². The monoisotopic (exact) mass is 387 g/mol. The van der Waals surface area contributed by atoms with E-state index < -0.39 is 5.25 Å². The number of amides is 2. The van der Waals surface area contributed by atoms with E-state index in [2.05, 4.69) is 10.3 Å². The number of anilines is 2. The van der Waals surface area contributed by atoms with E-state index in [0.29, 0.717) is 22.3 Å². The van der Waals surface area contributed by atoms with Crippen molar-refractivity contribution in [3.8, 4) is 5.75 Å². The van der Waals surface area contributed by atoms with Crippen LogP contribution in [-0.2, 0) is 9.59 Å². The summed E-state index contributed by atoms with van der Waals surface area (Å²) in [6.07, 6.45) is 0.0688. The molecule has 1 saturated heterocycles. The van der Waals surface area contributed by atoms with Crippen LogP contribution in [0.3, 0.4) is 0 Å². The Morgan fingerprint density at radius 3 is 2.63 bits per heavy atom. The molecular formula is C19H18FN3O3S. The van der Waals surface area contributed by atoms with Crippen molar-refractivity contribution in [3.05, 3.63) is 54.3 Å². The number of aliphatic imine (C=N–C) groups is 1. The van der Waals surface area contributed by atoms with E-state index >= 15 is 0 Å². The standard InChI is InChI=1S/C19H18FN3O3S/c1-21-19(22-13-5-3-4-12(20)10-13)27-16-11-17(24)23(18(16)25)14-6-8-15(26-2)9-7-14/h3-10,16H,11H2,1-2H3,(H,21,22)/t16-/m1/s1. The molecule has 0 unspecified atom stereocenters. The summed E-state index contributed by atoms with van der Waals surface area (Å²) in [5, 5.41) is 2.81. The zero-order chi connectivity index (χ0) is 19.4. The zero-order valence-electron chi connectivity index (χ0n) is 14.8. The molecule has 0 aliphatic carbocycles. The molecule has 0 saturated carbocycles. The highest BCUT2D eigenvalue weighted by Gasteiger charge is 2.40. The number of amidine groups is 1. The van der Waals surface area contributed by atoms with Gasteiger partial charge in [0.1, 0.15) is 16.8 Å². The molecule has 1 aliphatic rings. The summed E-state index contributed by atoms with van der Waals surface area (Å²) in [5.41, 5.74) is 1.02. The van der Waals surface area contributed by atoms with Gasteiger partial charge in [-0.1, -0.05) is 17.8 Å². The molecule has 0 spiro atoms. The van der Waals surface area contributed by atoms with Gasteiger partial charge < -0.3 is 10.1 Å². The molecule has 1 atom stereocenters. The van der Waals surface area contributed by atoms with Crippen LogP contribution in [0.1, 0.15) is 6.42 Å². The Bertz CT molecular complexity index is 886. The molecule has 8 heteroatoms. The first-order chi connectivity index (χ1) is 13.0. The van der Waals surface area contributed by atoms with Gasteiger partial charge in [-0.3, -0.25) is 14.6 Å². The molecule has 140 valence electrons. The van der Waals surface area contributed by atoms with Gasteiger partial charge in [0.2, 0.25) is 11.8 Å². The fourth-order valence-electron chi connectivity index (χ4n) is 2.66. The van der Waals surface area contributed by atoms with Crippen molar-refractivity contribution in [1.29, 1.82) is 0 Å². The van der Waals surface area contributed by atoms with E-state index in [-0.39, 0.29) is 24.1 Å². The molecule has 1 heterocycles. The zero-order valence-corrected chi connectivity index (χ0v) is 15.6. The van der Waals surface area contributed by atoms with Gasteiger partial charge in [-0.2, -0.15) is 0 Å². The molecule has 2 amide bonds. The highest BCUT2D eigenvalue weighted by Crippen LogP contribution is 2.31. The van der Waals surface area contributed by atoms with Gasteiger partial charge in [0, 0.05) is 19.2 Å². The number of carbonyl (C=O) groups excluding carboxylic acids is 2. The lowest BCUT2D eigenvalue weighted by molar-refractivity contribution is -0.121. The van der Waals surface area contributed by atoms with E-state index in [1.807, 2.05) is 0 Å². The maximum atomic E-state index is 13.3. The Morgan fingerprint density at radius 1 is 1.26 bits per heavy atom. The van der Waals surface area contributed by atoms with Gasteiger partial charge in [-0.15, -0.1) is 0 Å². The summed E-state index contributed by atoms with van der Waals surface area (Å²) < 4.78 is 18.4. The topological polar surface area (TPSA) is 71.0 Å². The van der Waals surface area contributed by atoms with Crippen LogP contribution in [0.5, 0.6) is 5.75 Å². The minimum absolute atomic E-state index is 0.0688. The Hall–Kier alpha value is -2.87. The van der Waals surface area contributed by atoms with Crippen LogP contribution in [-0.4, -0.2) is 36.4 Å². The van der Waals surface area contributed by atoms with Gasteiger partial charge >= 0.3 is 0 Å². The van der Waals surface area contributed by atoms with Crippen molar-refractivity contribution in [3.63, 3.8) is 0 Å². The summed E-state index contributed by atoms with van der Waals surface area (Å²) in [7, 11) is 3.11. The Labute approximate surface area is 160 Å². The number of methoxy groups -OCH3 is 1. The number of rotatable bonds is 4. The van der Waals surface area contributed by atoms with E-state index in [4.69, 9.17) is 4.74 Å². The van der Waals surface area contributed by atoms with Crippen LogP contribution in [0, 0.1) is 5.82 Å². The van der Waals surface area contributed by atoms with Crippen LogP contribution in [0.4, 0.5) is 15.8 Å². The Balaban J connectivity index is 1.71. The number of hydrogen-bond donors (Lipinski definition) is 1. The summed E-state index contributed by atoms with van der Waals surface area (Å²) in [6.45, 7) is 0. The van der Waals surface area contributed by atoms with Gasteiger partial charge in [0.05, 0.1) is 12.8 Å². The second kappa shape index (κ2) is 8.22. The number of halogens is 1. The molecule has 0 aromatic heterocycles. The second-order valence-corrected chi connectivity index (χ2v) is 6.93. The first-order valence-corrected chi connectivity index (χ1v) is 9.06. The van der Waals surface area contributed by atoms with Crippen molar-refractivity contribution >= 4 is 40.1 Å². The van der Waals surface area contributed by atoms with Crippen molar-refractivity contribution in [2.75, 3.05) is 24.4 Å². The first kappa shape index (κ1) is 18.9. The Kier molecular flexibility index (Phi) is 5.75. The molecule has 0 radical (unpaired) electrons. The highest BCUT2D eigenvalue weighted by molar-refractivity contribution is 8.15. The average Bonchev–Trinajstić information content (AvgIpc) is 2.94. The van der Waals surface area contributed by atoms with Crippen LogP contribution >= 0.6 is 11.8 Å². The van der Waals surface area contributed by atoms with Crippen molar-refractivity contribution in [2.45, 2.75) is 11.7 Å². The number of ether oxygens (including phenoxy) is 1. The molecule has 1 aliphatic heterocycles. The number of nitrogens with zero attached hydrogens (tertiary/aromatic N) is 2. The predicted octanol–water partition coefficient (Wildman–Crippen LogP) is 3.30. The lowest BCUT2D eigenvalue weighted by atomic mass is 10.3. The molecule has 2 aromatic carbocycles. The number of carbonyl (C=O) groups is 2. The first-order valence-electron chi connectivity index (χ1n) is 8.18. The number of hydrogen-bond acceptors (Lipinski definition) is 5. The third-order valence-electron chi connectivity index (χ3n) is 3.97. The highest BCUT2D eigenvalue weighted by atomic mass is 32.2. The van der Waals surface area contributed by atoms with Crippen molar-refractivity contribution in [2.24, 2.45) is 4.99 Å². The van der Waals surface area contributed by atoms with Crippen molar-refractivity contribution < 1.29 is 18.7 Å². The minimum Gasteiger partial charge on any atom is -0.497 e. The van der Waals surface area contributed by atoms with Crippen LogP contribution in [0.15, 0.2) is 53.5 Å². The maximum Gasteiger partial charge on any atom is 0.247 e. The van der Waals surface area contributed by atoms with E-state index in [9.17, 15) is 14.0 Å². The molecule has 1 fully saturated rings. The quantitative estimate of drug-likeness (QED) is 0.495. The lowest BCUT2D eigenvalue weighted by Crippen LogP contribution is -2.31. The van der Waals surface area contributed by atoms with E-state index in [1.165, 1.54) is 17.0 Å². The molecule has 6 nitrogen and oxygen atoms in total. The summed E-state index contributed by atoms with van der Waals surface area (Å²) in [4.78, 5) is 30.4. The Morgan fingerprint density at radius 2 is 2.00 bits per heavy atom. The summed E-state index contributed by atoms with van der Waals surface area (Å²) >= 11 is 1.15. The van der Waals surface area contributed by atoms with E-state index in [1.54, 1.807) is 50.6 Å². The average molecular weight is 387 g/mol. The second-order valence-electron chi connectivity index (χ2n) is 5.74. The number of benzene rings is 2. The third kappa shape index (κ3) is 4.28. The largest absolute Gasteiger partial charge is 0.497 e. The normalized spacial score (nSPS) is 17.4. The van der Waals surface area contributed by atoms with Gasteiger partial charge in [-0.25, -0.2) is 9.29 Å². The minimum atomic E-state index is -0.598. The molecule has 3 rings (SSSR count). The third-order valence-corrected chi connectivity index (χ3v) is 5.13. The molecule has 0 bridgehead atoms. The fraction of sp³-hybridized carbons (Fsp3) is 0.211. The maximum absolute atomic E-state index is 13.3. The molecule has 2 aromatic rings. The van der Waals surface area contributed by atoms with Gasteiger partial charge in [-0.05, 0) is 42.5 Å². The molecular weight excluding hydrogens is 369 g/mol. The van der Waals surface area contributed by atoms with Crippen molar-refractivity contribution in [1.82, 2.24) is 0 Å². The predicted molar refractivity (Wildman–Crippen MR) is 105 cm³/mol. The smallest absolute Gasteiger partial charge is 0.247 e. The van der Waals surface area contributed by atoms with Crippen LogP contribution < -0.4 is 15.0 Å². The van der Waals surface area contributed by atoms with E-state index in [0.717, 1.165) is 11.8 Å². The number of thioether (sulfide) groups is 1. The number of imide groups is 1. The fourth-order valence-corrected chi connectivity index (χ4v) is 3.65. The SMILES string of the molecule is CN=C(Nc1cccc(F)c1)S[C@@H]1CC(=O)N(c2ccc(OC)cc2)C1=O. The lowest BCUT2D eigenvalue weighted by Gasteiger charge is -2.16. The van der Waals surface area contributed by atoms with Crippen LogP contribution in [0.2, 0.25) is 0 Å². The summed E-state index contributed by atoms with van der Waals surface area (Å²) in [5.74, 6) is -0.317.